The van der Waals surface area contributed by atoms with Gasteiger partial charge in [0, 0.05) is 36.0 Å². The first-order valence-electron chi connectivity index (χ1n) is 8.08. The van der Waals surface area contributed by atoms with Gasteiger partial charge in [-0.25, -0.2) is 4.98 Å². The first kappa shape index (κ1) is 17.6. The number of amides is 1. The number of nitrogens with two attached hydrogens (primary N) is 1. The lowest BCUT2D eigenvalue weighted by molar-refractivity contribution is -0.384. The minimum absolute atomic E-state index is 0.144. The van der Waals surface area contributed by atoms with Gasteiger partial charge in [-0.05, 0) is 20.2 Å². The van der Waals surface area contributed by atoms with E-state index >= 15 is 0 Å². The summed E-state index contributed by atoms with van der Waals surface area (Å²) in [5.74, 6) is -0.414. The molecule has 0 spiro atoms. The van der Waals surface area contributed by atoms with E-state index in [1.165, 1.54) is 12.1 Å². The van der Waals surface area contributed by atoms with Crippen LogP contribution in [0.15, 0.2) is 36.4 Å². The molecule has 0 atom stereocenters. The molecule has 0 aliphatic rings. The van der Waals surface area contributed by atoms with Crippen LogP contribution in [0.3, 0.4) is 0 Å². The van der Waals surface area contributed by atoms with Crippen LogP contribution < -0.4 is 11.1 Å². The average Bonchev–Trinajstić information content (AvgIpc) is 2.60. The van der Waals surface area contributed by atoms with Crippen molar-refractivity contribution in [1.82, 2.24) is 15.2 Å². The van der Waals surface area contributed by atoms with Crippen molar-refractivity contribution in [2.45, 2.75) is 0 Å². The molecule has 0 aliphatic carbocycles. The lowest BCUT2D eigenvalue weighted by Crippen LogP contribution is -2.31. The van der Waals surface area contributed by atoms with Crippen molar-refractivity contribution >= 4 is 39.1 Å². The number of nitro groups is 1. The number of pyridine rings is 1. The number of nitro benzene ring substituents is 1. The Morgan fingerprint density at radius 2 is 2.00 bits per heavy atom. The maximum absolute atomic E-state index is 12.6. The minimum atomic E-state index is -0.537. The molecule has 1 heterocycles. The van der Waals surface area contributed by atoms with Crippen molar-refractivity contribution in [1.29, 1.82) is 0 Å². The predicted molar refractivity (Wildman–Crippen MR) is 101 cm³/mol. The molecule has 3 aromatic rings. The van der Waals surface area contributed by atoms with Gasteiger partial charge in [-0.15, -0.1) is 0 Å². The highest BCUT2D eigenvalue weighted by atomic mass is 16.6. The van der Waals surface area contributed by atoms with E-state index in [1.807, 2.05) is 31.1 Å². The van der Waals surface area contributed by atoms with E-state index in [0.29, 0.717) is 40.6 Å². The van der Waals surface area contributed by atoms with Crippen LogP contribution in [0.2, 0.25) is 0 Å². The van der Waals surface area contributed by atoms with Crippen molar-refractivity contribution in [3.63, 3.8) is 0 Å². The third-order valence-corrected chi connectivity index (χ3v) is 4.11. The number of nitrogens with one attached hydrogen (secondary N) is 1. The molecule has 0 bridgehead atoms. The van der Waals surface area contributed by atoms with Gasteiger partial charge in [0.1, 0.15) is 0 Å². The number of carbonyl (C=O) groups is 1. The van der Waals surface area contributed by atoms with Crippen molar-refractivity contribution in [3.8, 4) is 0 Å². The second kappa shape index (κ2) is 6.93. The van der Waals surface area contributed by atoms with Crippen LogP contribution in [0.4, 0.5) is 11.4 Å². The normalized spacial score (nSPS) is 11.2. The third kappa shape index (κ3) is 3.27. The second-order valence-electron chi connectivity index (χ2n) is 6.25. The number of hydrogen-bond acceptors (Lipinski definition) is 6. The molecule has 1 aromatic heterocycles. The summed E-state index contributed by atoms with van der Waals surface area (Å²) < 4.78 is 0. The van der Waals surface area contributed by atoms with Crippen LogP contribution >= 0.6 is 0 Å². The van der Waals surface area contributed by atoms with Crippen LogP contribution in [-0.2, 0) is 0 Å². The molecule has 26 heavy (non-hydrogen) atoms. The molecular formula is C18H19N5O3. The van der Waals surface area contributed by atoms with Gasteiger partial charge in [0.15, 0.2) is 0 Å². The number of anilines is 1. The van der Waals surface area contributed by atoms with E-state index in [-0.39, 0.29) is 11.3 Å². The molecule has 134 valence electrons. The SMILES string of the molecule is CN(C)CCNC(=O)c1cc([N+](=O)[O-])cc2c(N)c3ccccc3nc12. The fourth-order valence-corrected chi connectivity index (χ4v) is 2.78. The van der Waals surface area contributed by atoms with Gasteiger partial charge in [-0.1, -0.05) is 18.2 Å². The van der Waals surface area contributed by atoms with Crippen LogP contribution in [0.5, 0.6) is 0 Å². The maximum atomic E-state index is 12.6. The summed E-state index contributed by atoms with van der Waals surface area (Å²) in [4.78, 5) is 29.9. The highest BCUT2D eigenvalue weighted by molar-refractivity contribution is 6.14. The molecular weight excluding hydrogens is 334 g/mol. The molecule has 3 N–H and O–H groups in total. The number of rotatable bonds is 5. The Labute approximate surface area is 149 Å². The summed E-state index contributed by atoms with van der Waals surface area (Å²) in [6.07, 6.45) is 0. The van der Waals surface area contributed by atoms with Crippen LogP contribution in [0.25, 0.3) is 21.8 Å². The van der Waals surface area contributed by atoms with Gasteiger partial charge < -0.3 is 16.0 Å². The summed E-state index contributed by atoms with van der Waals surface area (Å²) in [6.45, 7) is 1.07. The van der Waals surface area contributed by atoms with Gasteiger partial charge >= 0.3 is 0 Å². The number of para-hydroxylation sites is 1. The molecule has 0 saturated carbocycles. The zero-order valence-corrected chi connectivity index (χ0v) is 14.5. The van der Waals surface area contributed by atoms with Crippen molar-refractivity contribution < 1.29 is 9.72 Å². The predicted octanol–water partition coefficient (Wildman–Crippen LogP) is 2.17. The zero-order chi connectivity index (χ0) is 18.8. The molecule has 8 heteroatoms. The molecule has 0 fully saturated rings. The van der Waals surface area contributed by atoms with E-state index < -0.39 is 10.8 Å². The maximum Gasteiger partial charge on any atom is 0.271 e. The van der Waals surface area contributed by atoms with Crippen molar-refractivity contribution in [2.75, 3.05) is 32.9 Å². The molecule has 0 aliphatic heterocycles. The van der Waals surface area contributed by atoms with Crippen molar-refractivity contribution in [3.05, 3.63) is 52.1 Å². The smallest absolute Gasteiger partial charge is 0.271 e. The summed E-state index contributed by atoms with van der Waals surface area (Å²) in [7, 11) is 3.78. The molecule has 0 saturated heterocycles. The Morgan fingerprint density at radius 3 is 2.69 bits per heavy atom. The Kier molecular flexibility index (Phi) is 4.68. The van der Waals surface area contributed by atoms with E-state index in [0.717, 1.165) is 0 Å². The quantitative estimate of drug-likeness (QED) is 0.413. The average molecular weight is 353 g/mol. The van der Waals surface area contributed by atoms with E-state index in [2.05, 4.69) is 10.3 Å². The van der Waals surface area contributed by atoms with E-state index in [9.17, 15) is 14.9 Å². The monoisotopic (exact) mass is 353 g/mol. The number of aromatic nitrogens is 1. The molecule has 0 radical (unpaired) electrons. The number of nitrogen functional groups attached to an aromatic ring is 1. The molecule has 0 unspecified atom stereocenters. The molecule has 1 amide bonds. The number of hydrogen-bond donors (Lipinski definition) is 2. The fraction of sp³-hybridized carbons (Fsp3) is 0.222. The highest BCUT2D eigenvalue weighted by Gasteiger charge is 2.20. The summed E-state index contributed by atoms with van der Waals surface area (Å²) in [5.41, 5.74) is 7.54. The number of carbonyl (C=O) groups excluding carboxylic acids is 1. The Bertz CT molecular complexity index is 1020. The Hall–Kier alpha value is -3.26. The topological polar surface area (TPSA) is 114 Å². The molecule has 2 aromatic carbocycles. The first-order chi connectivity index (χ1) is 12.4. The highest BCUT2D eigenvalue weighted by Crippen LogP contribution is 2.33. The van der Waals surface area contributed by atoms with Gasteiger partial charge in [0.05, 0.1) is 27.2 Å². The van der Waals surface area contributed by atoms with Gasteiger partial charge in [-0.3, -0.25) is 14.9 Å². The molecule has 3 rings (SSSR count). The summed E-state index contributed by atoms with van der Waals surface area (Å²) in [5, 5.41) is 15.2. The fourth-order valence-electron chi connectivity index (χ4n) is 2.78. The van der Waals surface area contributed by atoms with E-state index in [4.69, 9.17) is 5.73 Å². The largest absolute Gasteiger partial charge is 0.398 e. The van der Waals surface area contributed by atoms with Crippen LogP contribution in [0.1, 0.15) is 10.4 Å². The molecule has 8 nitrogen and oxygen atoms in total. The van der Waals surface area contributed by atoms with Gasteiger partial charge in [0.25, 0.3) is 11.6 Å². The standard InChI is InChI=1S/C18H19N5O3/c1-22(2)8-7-20-18(24)14-10-11(23(25)26)9-13-16(19)12-5-3-4-6-15(12)21-17(13)14/h3-6,9-10H,7-8H2,1-2H3,(H2,19,21)(H,20,24). The number of fused-ring (bicyclic) bond motifs is 2. The van der Waals surface area contributed by atoms with Crippen LogP contribution in [0, 0.1) is 10.1 Å². The number of benzene rings is 2. The second-order valence-corrected chi connectivity index (χ2v) is 6.25. The minimum Gasteiger partial charge on any atom is -0.398 e. The zero-order valence-electron chi connectivity index (χ0n) is 14.5. The number of non-ortho nitro benzene ring substituents is 1. The Balaban J connectivity index is 2.19. The van der Waals surface area contributed by atoms with E-state index in [1.54, 1.807) is 12.1 Å². The van der Waals surface area contributed by atoms with Crippen molar-refractivity contribution in [2.24, 2.45) is 0 Å². The van der Waals surface area contributed by atoms with Gasteiger partial charge in [-0.2, -0.15) is 0 Å². The lowest BCUT2D eigenvalue weighted by atomic mass is 10.0. The number of likely N-dealkylation sites (N-methyl/N-ethyl adjacent to an activating group) is 1. The van der Waals surface area contributed by atoms with Gasteiger partial charge in [0.2, 0.25) is 0 Å². The van der Waals surface area contributed by atoms with Crippen LogP contribution in [-0.4, -0.2) is 47.9 Å². The summed E-state index contributed by atoms with van der Waals surface area (Å²) in [6, 6.07) is 9.84. The summed E-state index contributed by atoms with van der Waals surface area (Å²) >= 11 is 0. The third-order valence-electron chi connectivity index (χ3n) is 4.11. The Morgan fingerprint density at radius 1 is 1.27 bits per heavy atom. The number of nitrogens with zero attached hydrogens (tertiary/aromatic N) is 3. The first-order valence-corrected chi connectivity index (χ1v) is 8.08. The lowest BCUT2D eigenvalue weighted by Gasteiger charge is -2.13.